The molecule has 0 spiro atoms. The minimum absolute atomic E-state index is 0.0880. The molecule has 6 fully saturated rings. The molecule has 4 bridgehead atoms. The van der Waals surface area contributed by atoms with Gasteiger partial charge in [-0.2, -0.15) is 26.3 Å². The summed E-state index contributed by atoms with van der Waals surface area (Å²) in [6.07, 6.45) is -8.46. The van der Waals surface area contributed by atoms with Crippen molar-refractivity contribution in [1.29, 1.82) is 0 Å². The average molecular weight is 737 g/mol. The summed E-state index contributed by atoms with van der Waals surface area (Å²) in [6, 6.07) is 3.72. The van der Waals surface area contributed by atoms with Crippen molar-refractivity contribution in [1.82, 2.24) is 19.6 Å². The molecule has 276 valence electrons. The third-order valence-electron chi connectivity index (χ3n) is 10.4. The molecule has 6 atom stereocenters. The van der Waals surface area contributed by atoms with Gasteiger partial charge in [0.15, 0.2) is 0 Å². The second-order valence-corrected chi connectivity index (χ2v) is 13.1. The molecule has 19 heteroatoms. The van der Waals surface area contributed by atoms with Gasteiger partial charge < -0.3 is 24.3 Å². The van der Waals surface area contributed by atoms with Crippen LogP contribution in [0.2, 0.25) is 0 Å². The monoisotopic (exact) mass is 736 g/mol. The Morgan fingerprint density at radius 3 is 1.54 bits per heavy atom. The van der Waals surface area contributed by atoms with Crippen LogP contribution in [0.25, 0.3) is 0 Å². The quantitative estimate of drug-likeness (QED) is 0.340. The zero-order valence-corrected chi connectivity index (χ0v) is 27.4. The maximum atomic E-state index is 13.0. The van der Waals surface area contributed by atoms with Crippen molar-refractivity contribution in [2.24, 2.45) is 0 Å². The molecule has 2 aromatic rings. The minimum Gasteiger partial charge on any atom is -0.453 e. The fraction of sp³-hybridized carbons (Fsp3) is 0.455. The van der Waals surface area contributed by atoms with Crippen LogP contribution in [-0.4, -0.2) is 112 Å². The van der Waals surface area contributed by atoms with Crippen molar-refractivity contribution < 1.29 is 59.8 Å². The molecule has 0 aromatic heterocycles. The Hall–Kier alpha value is -5.36. The van der Waals surface area contributed by atoms with Crippen LogP contribution in [-0.2, 0) is 31.5 Å². The standard InChI is InChI=1S/C17H16F3N3O3.C16H14F3N3O4/c1-2-13(24)21-8-11-7-12(21)14-15(25)23(16(26)22(11)14)10-5-3-4-9(6-10)17(18,19)20;1-26-15(25)20-7-10-6-11(20)12-13(23)22(14(24)21(10)12)9-4-2-3-8(5-9)16(17,18)19/h3-6,11-12,14H,2,7-8H2,1H3;2-5,10-12H,6-7H2,1H3/t11?,12-,14-;10?,11-,12-/m11/s1. The third kappa shape index (κ3) is 5.30. The smallest absolute Gasteiger partial charge is 0.416 e. The lowest BCUT2D eigenvalue weighted by molar-refractivity contribution is -0.138. The topological polar surface area (TPSA) is 131 Å². The predicted octanol–water partition coefficient (Wildman–Crippen LogP) is 4.30. The number of methoxy groups -OCH3 is 1. The number of imide groups is 2. The molecule has 0 N–H and O–H groups in total. The number of likely N-dealkylation sites (tertiary alicyclic amines) is 2. The van der Waals surface area contributed by atoms with Crippen molar-refractivity contribution in [3.8, 4) is 0 Å². The van der Waals surface area contributed by atoms with E-state index in [0.29, 0.717) is 25.8 Å². The number of piperazine rings is 2. The summed E-state index contributed by atoms with van der Waals surface area (Å²) in [5.74, 6) is -1.29. The van der Waals surface area contributed by atoms with Gasteiger partial charge in [0, 0.05) is 19.5 Å². The first-order valence-corrected chi connectivity index (χ1v) is 16.3. The summed E-state index contributed by atoms with van der Waals surface area (Å²) in [4.78, 5) is 82.4. The van der Waals surface area contributed by atoms with E-state index in [1.165, 1.54) is 40.0 Å². The Morgan fingerprint density at radius 2 is 1.13 bits per heavy atom. The van der Waals surface area contributed by atoms with Crippen LogP contribution in [0.15, 0.2) is 48.5 Å². The number of hydrogen-bond acceptors (Lipinski definition) is 7. The Bertz CT molecular complexity index is 1760. The third-order valence-corrected chi connectivity index (χ3v) is 10.4. The van der Waals surface area contributed by atoms with Gasteiger partial charge >= 0.3 is 30.5 Å². The van der Waals surface area contributed by atoms with Gasteiger partial charge in [-0.15, -0.1) is 0 Å². The molecular formula is C33H30F6N6O7. The number of rotatable bonds is 3. The van der Waals surface area contributed by atoms with E-state index >= 15 is 0 Å². The molecule has 8 rings (SSSR count). The van der Waals surface area contributed by atoms with Crippen LogP contribution in [0.5, 0.6) is 0 Å². The van der Waals surface area contributed by atoms with Crippen LogP contribution in [0.3, 0.4) is 0 Å². The van der Waals surface area contributed by atoms with E-state index in [4.69, 9.17) is 4.74 Å². The van der Waals surface area contributed by atoms with Crippen molar-refractivity contribution in [2.45, 2.75) is 74.8 Å². The number of alkyl halides is 6. The second kappa shape index (κ2) is 12.1. The molecule has 6 heterocycles. The van der Waals surface area contributed by atoms with Gasteiger partial charge in [0.1, 0.15) is 12.1 Å². The van der Waals surface area contributed by atoms with E-state index in [1.807, 2.05) is 0 Å². The number of halogens is 6. The molecule has 0 saturated carbocycles. The molecule has 0 radical (unpaired) electrons. The van der Waals surface area contributed by atoms with Crippen molar-refractivity contribution >= 4 is 47.3 Å². The van der Waals surface area contributed by atoms with Gasteiger partial charge in [-0.1, -0.05) is 19.1 Å². The van der Waals surface area contributed by atoms with Crippen LogP contribution in [0.4, 0.5) is 52.1 Å². The van der Waals surface area contributed by atoms with Crippen molar-refractivity contribution in [3.63, 3.8) is 0 Å². The number of amides is 8. The molecule has 13 nitrogen and oxygen atoms in total. The molecule has 6 aliphatic heterocycles. The number of ether oxygens (including phenoxy) is 1. The predicted molar refractivity (Wildman–Crippen MR) is 165 cm³/mol. The fourth-order valence-corrected chi connectivity index (χ4v) is 8.25. The highest BCUT2D eigenvalue weighted by molar-refractivity contribution is 6.23. The van der Waals surface area contributed by atoms with E-state index in [2.05, 4.69) is 0 Å². The molecule has 6 saturated heterocycles. The number of hydrogen-bond donors (Lipinski definition) is 0. The van der Waals surface area contributed by atoms with Gasteiger partial charge in [-0.05, 0) is 49.2 Å². The summed E-state index contributed by atoms with van der Waals surface area (Å²) in [7, 11) is 1.22. The number of carbonyl (C=O) groups is 6. The number of nitrogens with zero attached hydrogens (tertiary/aromatic N) is 6. The Kier molecular flexibility index (Phi) is 8.17. The number of fused-ring (bicyclic) bond motifs is 10. The largest absolute Gasteiger partial charge is 0.453 e. The van der Waals surface area contributed by atoms with E-state index in [0.717, 1.165) is 40.1 Å². The lowest BCUT2D eigenvalue weighted by atomic mass is 10.1. The van der Waals surface area contributed by atoms with E-state index in [-0.39, 0.29) is 35.9 Å². The summed E-state index contributed by atoms with van der Waals surface area (Å²) in [5.41, 5.74) is -2.10. The molecule has 0 aliphatic carbocycles. The summed E-state index contributed by atoms with van der Waals surface area (Å²) in [6.45, 7) is 2.33. The van der Waals surface area contributed by atoms with Crippen LogP contribution < -0.4 is 9.80 Å². The average Bonchev–Trinajstić information content (AvgIpc) is 3.95. The highest BCUT2D eigenvalue weighted by atomic mass is 19.4. The SMILES string of the molecule is CCC(=O)N1CC2C[C@@H]1[C@@H]1C(=O)N(c3cccc(C(F)(F)F)c3)C(=O)N21.COC(=O)N1CC2C[C@@H]1[C@@H]1C(=O)N(c3cccc(C(F)(F)F)c3)C(=O)N21. The van der Waals surface area contributed by atoms with Crippen LogP contribution in [0.1, 0.15) is 37.3 Å². The number of anilines is 2. The highest BCUT2D eigenvalue weighted by Gasteiger charge is 2.64. The highest BCUT2D eigenvalue weighted by Crippen LogP contribution is 2.45. The summed E-state index contributed by atoms with van der Waals surface area (Å²) < 4.78 is 82.4. The maximum Gasteiger partial charge on any atom is 0.416 e. The summed E-state index contributed by atoms with van der Waals surface area (Å²) in [5, 5.41) is 0. The van der Waals surface area contributed by atoms with Crippen LogP contribution in [0, 0.1) is 0 Å². The van der Waals surface area contributed by atoms with E-state index in [1.54, 1.807) is 11.8 Å². The van der Waals surface area contributed by atoms with Crippen LogP contribution >= 0.6 is 0 Å². The first kappa shape index (κ1) is 35.1. The Balaban J connectivity index is 0.000000162. The molecular weight excluding hydrogens is 706 g/mol. The normalized spacial score (nSPS) is 27.5. The first-order valence-electron chi connectivity index (χ1n) is 16.3. The van der Waals surface area contributed by atoms with Gasteiger partial charge in [0.25, 0.3) is 11.8 Å². The Labute approximate surface area is 291 Å². The van der Waals surface area contributed by atoms with Gasteiger partial charge in [-0.25, -0.2) is 24.2 Å². The second-order valence-electron chi connectivity index (χ2n) is 13.1. The molecule has 8 amide bonds. The van der Waals surface area contributed by atoms with E-state index in [9.17, 15) is 55.1 Å². The lowest BCUT2D eigenvalue weighted by Crippen LogP contribution is -2.54. The van der Waals surface area contributed by atoms with Crippen molar-refractivity contribution in [2.75, 3.05) is 30.0 Å². The van der Waals surface area contributed by atoms with Gasteiger partial charge in [-0.3, -0.25) is 14.4 Å². The number of benzene rings is 2. The van der Waals surface area contributed by atoms with Crippen molar-refractivity contribution in [3.05, 3.63) is 59.7 Å². The first-order chi connectivity index (χ1) is 24.5. The van der Waals surface area contributed by atoms with Gasteiger partial charge in [0.2, 0.25) is 5.91 Å². The number of carbonyl (C=O) groups excluding carboxylic acids is 6. The minimum atomic E-state index is -4.58. The van der Waals surface area contributed by atoms with Gasteiger partial charge in [0.05, 0.1) is 53.8 Å². The molecule has 6 aliphatic rings. The summed E-state index contributed by atoms with van der Waals surface area (Å²) >= 11 is 0. The number of urea groups is 2. The zero-order valence-electron chi connectivity index (χ0n) is 27.4. The molecule has 52 heavy (non-hydrogen) atoms. The maximum absolute atomic E-state index is 13.0. The lowest BCUT2D eigenvalue weighted by Gasteiger charge is -2.34. The zero-order chi connectivity index (χ0) is 37.6. The molecule has 2 unspecified atom stereocenters. The van der Waals surface area contributed by atoms with E-state index < -0.39 is 77.6 Å². The fourth-order valence-electron chi connectivity index (χ4n) is 8.25. The Morgan fingerprint density at radius 1 is 0.712 bits per heavy atom. The molecule has 2 aromatic carbocycles.